The molecular weight excluding hydrogens is 500 g/mol. The van der Waals surface area contributed by atoms with E-state index in [0.717, 1.165) is 49.8 Å². The average molecular weight is 541 g/mol. The number of likely N-dealkylation sites (tertiary alicyclic amines) is 1. The van der Waals surface area contributed by atoms with Crippen molar-refractivity contribution in [3.63, 3.8) is 0 Å². The fourth-order valence-corrected chi connectivity index (χ4v) is 5.08. The molecule has 0 radical (unpaired) electrons. The molecule has 0 atom stereocenters. The number of hydrogen-bond donors (Lipinski definition) is 1. The molecule has 11 nitrogen and oxygen atoms in total. The third-order valence-corrected chi connectivity index (χ3v) is 6.96. The number of piperidine rings is 1. The molecule has 11 heteroatoms. The van der Waals surface area contributed by atoms with Gasteiger partial charge in [-0.05, 0) is 69.7 Å². The van der Waals surface area contributed by atoms with E-state index < -0.39 is 5.60 Å². The van der Waals surface area contributed by atoms with Crippen LogP contribution in [0.25, 0.3) is 16.7 Å². The number of anilines is 1. The van der Waals surface area contributed by atoms with Gasteiger partial charge in [-0.15, -0.1) is 0 Å². The summed E-state index contributed by atoms with van der Waals surface area (Å²) in [6, 6.07) is 6.69. The van der Waals surface area contributed by atoms with Gasteiger partial charge in [-0.2, -0.15) is 15.1 Å². The molecule has 2 aromatic heterocycles. The van der Waals surface area contributed by atoms with Gasteiger partial charge in [-0.25, -0.2) is 9.48 Å². The lowest BCUT2D eigenvalue weighted by molar-refractivity contribution is 0.0204. The van der Waals surface area contributed by atoms with Crippen molar-refractivity contribution in [2.24, 2.45) is 0 Å². The molecule has 2 saturated heterocycles. The van der Waals surface area contributed by atoms with E-state index >= 15 is 0 Å². The van der Waals surface area contributed by atoms with Crippen LogP contribution in [0.3, 0.4) is 0 Å². The number of aryl methyl sites for hydroxylation is 1. The molecule has 1 aromatic carbocycles. The van der Waals surface area contributed by atoms with E-state index in [1.54, 1.807) is 7.11 Å². The number of aliphatic hydroxyl groups excluding tert-OH is 1. The summed E-state index contributed by atoms with van der Waals surface area (Å²) >= 11 is 0. The van der Waals surface area contributed by atoms with Crippen LogP contribution >= 0.6 is 0 Å². The molecule has 1 N–H and O–H groups in total. The van der Waals surface area contributed by atoms with Gasteiger partial charge in [0.25, 0.3) is 0 Å². The van der Waals surface area contributed by atoms with Gasteiger partial charge in [0.1, 0.15) is 11.4 Å². The van der Waals surface area contributed by atoms with Crippen molar-refractivity contribution < 1.29 is 24.1 Å². The number of carbonyl (C=O) groups is 1. The molecule has 0 spiro atoms. The second kappa shape index (κ2) is 12.2. The minimum absolute atomic E-state index is 0.231. The molecule has 0 saturated carbocycles. The fraction of sp³-hybridized carbons (Fsp3) is 0.571. The first-order chi connectivity index (χ1) is 18.7. The SMILES string of the molecule is CO.COc1nc(N2CCOCC2)cc(-n2ncc3cc(C)c(C4CCN(C(=O)OC(C)(C)C)CC4)cc32)n1. The molecule has 0 bridgehead atoms. The Morgan fingerprint density at radius 3 is 2.33 bits per heavy atom. The highest BCUT2D eigenvalue weighted by Gasteiger charge is 2.28. The van der Waals surface area contributed by atoms with E-state index in [4.69, 9.17) is 19.3 Å². The summed E-state index contributed by atoms with van der Waals surface area (Å²) in [5, 5.41) is 12.7. The number of ether oxygens (including phenoxy) is 3. The molecule has 2 fully saturated rings. The average Bonchev–Trinajstić information content (AvgIpc) is 3.35. The molecule has 0 aliphatic carbocycles. The summed E-state index contributed by atoms with van der Waals surface area (Å²) < 4.78 is 18.4. The van der Waals surface area contributed by atoms with Crippen molar-refractivity contribution >= 4 is 22.8 Å². The number of amides is 1. The third kappa shape index (κ3) is 6.59. The first kappa shape index (κ1) is 28.6. The van der Waals surface area contributed by atoms with E-state index in [0.29, 0.717) is 44.0 Å². The van der Waals surface area contributed by atoms with Gasteiger partial charge in [-0.1, -0.05) is 0 Å². The summed E-state index contributed by atoms with van der Waals surface area (Å²) in [5.74, 6) is 1.82. The number of fused-ring (bicyclic) bond motifs is 1. The van der Waals surface area contributed by atoms with Crippen molar-refractivity contribution in [2.75, 3.05) is 58.5 Å². The van der Waals surface area contributed by atoms with Crippen LogP contribution in [0.4, 0.5) is 10.6 Å². The lowest BCUT2D eigenvalue weighted by Crippen LogP contribution is -2.41. The monoisotopic (exact) mass is 540 g/mol. The van der Waals surface area contributed by atoms with Gasteiger partial charge in [0.05, 0.1) is 32.0 Å². The highest BCUT2D eigenvalue weighted by Crippen LogP contribution is 2.34. The number of benzene rings is 1. The van der Waals surface area contributed by atoms with Crippen molar-refractivity contribution in [3.05, 3.63) is 35.5 Å². The molecule has 4 heterocycles. The maximum atomic E-state index is 12.5. The molecular formula is C28H40N6O5. The van der Waals surface area contributed by atoms with Crippen LogP contribution in [0.15, 0.2) is 24.4 Å². The third-order valence-electron chi connectivity index (χ3n) is 6.96. The Kier molecular flexibility index (Phi) is 8.91. The van der Waals surface area contributed by atoms with E-state index in [2.05, 4.69) is 39.0 Å². The molecule has 1 amide bonds. The Morgan fingerprint density at radius 2 is 1.69 bits per heavy atom. The molecule has 212 valence electrons. The van der Waals surface area contributed by atoms with E-state index in [9.17, 15) is 4.79 Å². The number of nitrogens with zero attached hydrogens (tertiary/aromatic N) is 6. The number of carbonyl (C=O) groups excluding carboxylic acids is 1. The lowest BCUT2D eigenvalue weighted by Gasteiger charge is -2.34. The number of morpholine rings is 1. The number of hydrogen-bond acceptors (Lipinski definition) is 9. The zero-order valence-electron chi connectivity index (χ0n) is 23.8. The van der Waals surface area contributed by atoms with Gasteiger partial charge in [-0.3, -0.25) is 0 Å². The second-order valence-corrected chi connectivity index (χ2v) is 10.7. The lowest BCUT2D eigenvalue weighted by atomic mass is 9.86. The Labute approximate surface area is 229 Å². The highest BCUT2D eigenvalue weighted by atomic mass is 16.6. The van der Waals surface area contributed by atoms with Crippen LogP contribution in [0.5, 0.6) is 6.01 Å². The van der Waals surface area contributed by atoms with Gasteiger partial charge < -0.3 is 29.1 Å². The Bertz CT molecular complexity index is 1270. The Hall–Kier alpha value is -3.44. The quantitative estimate of drug-likeness (QED) is 0.529. The van der Waals surface area contributed by atoms with Crippen molar-refractivity contribution in [3.8, 4) is 11.8 Å². The Morgan fingerprint density at radius 1 is 1.03 bits per heavy atom. The van der Waals surface area contributed by atoms with Crippen LogP contribution in [-0.2, 0) is 9.47 Å². The summed E-state index contributed by atoms with van der Waals surface area (Å²) in [7, 11) is 2.58. The van der Waals surface area contributed by atoms with Crippen molar-refractivity contribution in [1.82, 2.24) is 24.6 Å². The number of aromatic nitrogens is 4. The molecule has 2 aliphatic rings. The standard InChI is InChI=1S/C27H36N6O4.CH4O/c1-18-14-20-17-28-33(24-16-23(29-25(30-24)35-5)31-10-12-36-13-11-31)22(20)15-21(18)19-6-8-32(9-7-19)26(34)37-27(2,3)4;1-2/h14-17,19H,6-13H2,1-5H3;2H,1H3. The molecule has 2 aliphatic heterocycles. The second-order valence-electron chi connectivity index (χ2n) is 10.7. The number of methoxy groups -OCH3 is 1. The number of rotatable bonds is 4. The van der Waals surface area contributed by atoms with Gasteiger partial charge >= 0.3 is 12.1 Å². The summed E-state index contributed by atoms with van der Waals surface area (Å²) in [5.41, 5.74) is 3.02. The zero-order valence-corrected chi connectivity index (χ0v) is 23.8. The molecule has 5 rings (SSSR count). The molecule has 3 aromatic rings. The predicted molar refractivity (Wildman–Crippen MR) is 149 cm³/mol. The van der Waals surface area contributed by atoms with Crippen molar-refractivity contribution in [1.29, 1.82) is 0 Å². The van der Waals surface area contributed by atoms with E-state index in [1.807, 2.05) is 42.6 Å². The van der Waals surface area contributed by atoms with Gasteiger partial charge in [0.2, 0.25) is 0 Å². The topological polar surface area (TPSA) is 115 Å². The van der Waals surface area contributed by atoms with Crippen molar-refractivity contribution in [2.45, 2.75) is 52.1 Å². The number of aliphatic hydroxyl groups is 1. The van der Waals surface area contributed by atoms with E-state index in [-0.39, 0.29) is 6.09 Å². The fourth-order valence-electron chi connectivity index (χ4n) is 5.08. The summed E-state index contributed by atoms with van der Waals surface area (Å²) in [4.78, 5) is 25.7. The van der Waals surface area contributed by atoms with Crippen LogP contribution in [-0.4, -0.2) is 95.1 Å². The predicted octanol–water partition coefficient (Wildman–Crippen LogP) is 3.69. The highest BCUT2D eigenvalue weighted by molar-refractivity contribution is 5.82. The van der Waals surface area contributed by atoms with Gasteiger partial charge in [0.15, 0.2) is 5.82 Å². The van der Waals surface area contributed by atoms with E-state index in [1.165, 1.54) is 11.1 Å². The minimum Gasteiger partial charge on any atom is -0.467 e. The maximum absolute atomic E-state index is 12.5. The maximum Gasteiger partial charge on any atom is 0.410 e. The smallest absolute Gasteiger partial charge is 0.410 e. The van der Waals surface area contributed by atoms with Crippen LogP contribution in [0.1, 0.15) is 50.7 Å². The first-order valence-corrected chi connectivity index (χ1v) is 13.4. The van der Waals surface area contributed by atoms with Crippen LogP contribution < -0.4 is 9.64 Å². The molecule has 39 heavy (non-hydrogen) atoms. The first-order valence-electron chi connectivity index (χ1n) is 13.4. The minimum atomic E-state index is -0.487. The van der Waals surface area contributed by atoms with Crippen LogP contribution in [0.2, 0.25) is 0 Å². The van der Waals surface area contributed by atoms with Gasteiger partial charge in [0, 0.05) is 44.7 Å². The molecule has 0 unspecified atom stereocenters. The summed E-state index contributed by atoms with van der Waals surface area (Å²) in [6.45, 7) is 12.1. The normalized spacial score (nSPS) is 16.6. The zero-order chi connectivity index (χ0) is 28.2. The summed E-state index contributed by atoms with van der Waals surface area (Å²) in [6.07, 6.45) is 3.43. The Balaban J connectivity index is 0.00000172. The largest absolute Gasteiger partial charge is 0.467 e. The van der Waals surface area contributed by atoms with Crippen LogP contribution in [0, 0.1) is 6.92 Å².